The number of aryl methyl sites for hydroxylation is 1. The first-order valence-electron chi connectivity index (χ1n) is 3.65. The minimum atomic E-state index is -0.225. The zero-order valence-corrected chi connectivity index (χ0v) is 9.32. The molecule has 4 nitrogen and oxygen atoms in total. The molecule has 0 fully saturated rings. The number of rotatable bonds is 2. The molecule has 1 aromatic rings. The van der Waals surface area contributed by atoms with Gasteiger partial charge in [-0.05, 0) is 18.6 Å². The van der Waals surface area contributed by atoms with E-state index in [0.717, 1.165) is 5.56 Å². The zero-order chi connectivity index (χ0) is 8.97. The Bertz CT molecular complexity index is 294. The zero-order valence-electron chi connectivity index (χ0n) is 7.69. The predicted octanol–water partition coefficient (Wildman–Crippen LogP) is 1.13. The lowest BCUT2D eigenvalue weighted by Gasteiger charge is -2.04. The van der Waals surface area contributed by atoms with Crippen LogP contribution in [0, 0.1) is 6.92 Å². The van der Waals surface area contributed by atoms with Crippen LogP contribution in [-0.2, 0) is 4.79 Å². The fourth-order valence-corrected chi connectivity index (χ4v) is 0.800. The highest BCUT2D eigenvalue weighted by molar-refractivity contribution is 5.91. The number of nitrogens with zero attached hydrogens (tertiary/aromatic N) is 1. The van der Waals surface area contributed by atoms with Gasteiger partial charge in [0.2, 0.25) is 5.91 Å². The van der Waals surface area contributed by atoms with Crippen molar-refractivity contribution in [2.24, 2.45) is 5.73 Å². The smallest absolute Gasteiger partial charge is 0.239 e. The number of hydrogen-bond donors (Lipinski definition) is 2. The van der Waals surface area contributed by atoms with E-state index < -0.39 is 0 Å². The van der Waals surface area contributed by atoms with E-state index in [2.05, 4.69) is 10.3 Å². The van der Waals surface area contributed by atoms with E-state index in [1.54, 1.807) is 6.20 Å². The van der Waals surface area contributed by atoms with Gasteiger partial charge in [0.05, 0.1) is 6.54 Å². The van der Waals surface area contributed by atoms with Gasteiger partial charge in [0.15, 0.2) is 0 Å². The number of hydrogen-bond acceptors (Lipinski definition) is 3. The molecule has 0 radical (unpaired) electrons. The molecule has 0 saturated carbocycles. The number of nitrogens with two attached hydrogens (primary N) is 1. The van der Waals surface area contributed by atoms with E-state index >= 15 is 0 Å². The lowest BCUT2D eigenvalue weighted by atomic mass is 10.3. The molecule has 0 aromatic carbocycles. The van der Waals surface area contributed by atoms with Crippen molar-refractivity contribution in [3.8, 4) is 0 Å². The molecular formula is C8H13Cl2N3O. The molecule has 0 atom stereocenters. The van der Waals surface area contributed by atoms with Gasteiger partial charge in [-0.3, -0.25) is 4.79 Å². The summed E-state index contributed by atoms with van der Waals surface area (Å²) in [4.78, 5) is 14.8. The van der Waals surface area contributed by atoms with Gasteiger partial charge >= 0.3 is 0 Å². The minimum absolute atomic E-state index is 0. The molecule has 0 aliphatic rings. The normalized spacial score (nSPS) is 8.14. The molecule has 80 valence electrons. The van der Waals surface area contributed by atoms with Crippen LogP contribution in [0.5, 0.6) is 0 Å². The molecule has 1 rings (SSSR count). The molecule has 0 bridgehead atoms. The van der Waals surface area contributed by atoms with E-state index in [1.807, 2.05) is 19.1 Å². The van der Waals surface area contributed by atoms with Crippen molar-refractivity contribution in [3.63, 3.8) is 0 Å². The van der Waals surface area contributed by atoms with Crippen molar-refractivity contribution >= 4 is 36.5 Å². The number of nitrogens with one attached hydrogen (secondary N) is 1. The third-order valence-electron chi connectivity index (χ3n) is 1.45. The molecule has 14 heavy (non-hydrogen) atoms. The van der Waals surface area contributed by atoms with Crippen LogP contribution in [-0.4, -0.2) is 17.4 Å². The highest BCUT2D eigenvalue weighted by Crippen LogP contribution is 2.07. The van der Waals surface area contributed by atoms with Gasteiger partial charge in [-0.25, -0.2) is 4.98 Å². The molecule has 1 amide bonds. The fraction of sp³-hybridized carbons (Fsp3) is 0.250. The first kappa shape index (κ1) is 15.6. The largest absolute Gasteiger partial charge is 0.322 e. The highest BCUT2D eigenvalue weighted by atomic mass is 35.5. The predicted molar refractivity (Wildman–Crippen MR) is 61.2 cm³/mol. The molecule has 0 spiro atoms. The minimum Gasteiger partial charge on any atom is -0.322 e. The van der Waals surface area contributed by atoms with Crippen molar-refractivity contribution in [1.82, 2.24) is 4.98 Å². The van der Waals surface area contributed by atoms with E-state index in [-0.39, 0.29) is 37.3 Å². The molecule has 6 heteroatoms. The summed E-state index contributed by atoms with van der Waals surface area (Å²) in [6, 6.07) is 3.69. The van der Waals surface area contributed by atoms with Crippen LogP contribution in [0.15, 0.2) is 18.3 Å². The molecule has 0 aliphatic heterocycles. The van der Waals surface area contributed by atoms with Crippen LogP contribution >= 0.6 is 24.8 Å². The average molecular weight is 238 g/mol. The first-order chi connectivity index (χ1) is 5.74. The summed E-state index contributed by atoms with van der Waals surface area (Å²) in [5.74, 6) is 0.352. The van der Waals surface area contributed by atoms with Crippen molar-refractivity contribution in [2.45, 2.75) is 6.92 Å². The Kier molecular flexibility index (Phi) is 8.43. The Balaban J connectivity index is 0. The van der Waals surface area contributed by atoms with Gasteiger partial charge in [-0.15, -0.1) is 24.8 Å². The molecule has 1 aromatic heterocycles. The Morgan fingerprint density at radius 3 is 2.71 bits per heavy atom. The summed E-state index contributed by atoms with van der Waals surface area (Å²) in [5.41, 5.74) is 6.06. The van der Waals surface area contributed by atoms with E-state index in [9.17, 15) is 4.79 Å². The van der Waals surface area contributed by atoms with Crippen molar-refractivity contribution in [3.05, 3.63) is 23.9 Å². The lowest BCUT2D eigenvalue weighted by molar-refractivity contribution is -0.114. The number of anilines is 1. The maximum atomic E-state index is 10.9. The van der Waals surface area contributed by atoms with Crippen LogP contribution in [0.3, 0.4) is 0 Å². The van der Waals surface area contributed by atoms with E-state index in [4.69, 9.17) is 5.73 Å². The second-order valence-corrected chi connectivity index (χ2v) is 2.42. The summed E-state index contributed by atoms with van der Waals surface area (Å²) >= 11 is 0. The average Bonchev–Trinajstić information content (AvgIpc) is 2.09. The maximum Gasteiger partial charge on any atom is 0.239 e. The molecule has 1 heterocycles. The topological polar surface area (TPSA) is 68.0 Å². The summed E-state index contributed by atoms with van der Waals surface area (Å²) in [6.45, 7) is 1.86. The van der Waals surface area contributed by atoms with Gasteiger partial charge in [-0.2, -0.15) is 0 Å². The first-order valence-corrected chi connectivity index (χ1v) is 3.65. The molecule has 0 unspecified atom stereocenters. The fourth-order valence-electron chi connectivity index (χ4n) is 0.800. The second-order valence-electron chi connectivity index (χ2n) is 2.42. The third kappa shape index (κ3) is 4.41. The monoisotopic (exact) mass is 237 g/mol. The molecule has 3 N–H and O–H groups in total. The quantitative estimate of drug-likeness (QED) is 0.811. The van der Waals surface area contributed by atoms with Crippen molar-refractivity contribution in [2.75, 3.05) is 11.9 Å². The summed E-state index contributed by atoms with van der Waals surface area (Å²) in [7, 11) is 0. The van der Waals surface area contributed by atoms with Crippen LogP contribution in [0.2, 0.25) is 0 Å². The number of amides is 1. The van der Waals surface area contributed by atoms with Gasteiger partial charge in [0.1, 0.15) is 5.82 Å². The van der Waals surface area contributed by atoms with Gasteiger partial charge in [-0.1, -0.05) is 6.07 Å². The van der Waals surface area contributed by atoms with Gasteiger partial charge in [0.25, 0.3) is 0 Å². The molecular weight excluding hydrogens is 225 g/mol. The number of carbonyl (C=O) groups is 1. The number of halogens is 2. The van der Waals surface area contributed by atoms with Crippen LogP contribution < -0.4 is 11.1 Å². The van der Waals surface area contributed by atoms with Crippen molar-refractivity contribution in [1.29, 1.82) is 0 Å². The Morgan fingerprint density at radius 2 is 2.21 bits per heavy atom. The second kappa shape index (κ2) is 7.55. The molecule has 0 saturated heterocycles. The lowest BCUT2D eigenvalue weighted by Crippen LogP contribution is -2.22. The highest BCUT2D eigenvalue weighted by Gasteiger charge is 2.01. The number of aromatic nitrogens is 1. The van der Waals surface area contributed by atoms with Crippen LogP contribution in [0.4, 0.5) is 5.82 Å². The van der Waals surface area contributed by atoms with E-state index in [1.165, 1.54) is 0 Å². The Morgan fingerprint density at radius 1 is 1.57 bits per heavy atom. The maximum absolute atomic E-state index is 10.9. The standard InChI is InChI=1S/C8H11N3O.2ClH/c1-6-3-2-4-10-8(6)11-7(12)5-9;;/h2-4H,5,9H2,1H3,(H,10,11,12);2*1H. The summed E-state index contributed by atoms with van der Waals surface area (Å²) in [6.07, 6.45) is 1.62. The van der Waals surface area contributed by atoms with E-state index in [0.29, 0.717) is 5.82 Å². The molecule has 0 aliphatic carbocycles. The number of pyridine rings is 1. The number of carbonyl (C=O) groups excluding carboxylic acids is 1. The van der Waals surface area contributed by atoms with Crippen LogP contribution in [0.1, 0.15) is 5.56 Å². The van der Waals surface area contributed by atoms with Gasteiger partial charge in [0, 0.05) is 6.20 Å². The third-order valence-corrected chi connectivity index (χ3v) is 1.45. The SMILES string of the molecule is Cc1cccnc1NC(=O)CN.Cl.Cl. The Hall–Kier alpha value is -0.840. The summed E-state index contributed by atoms with van der Waals surface area (Å²) in [5, 5.41) is 2.58. The van der Waals surface area contributed by atoms with Gasteiger partial charge < -0.3 is 11.1 Å². The van der Waals surface area contributed by atoms with Crippen LogP contribution in [0.25, 0.3) is 0 Å². The summed E-state index contributed by atoms with van der Waals surface area (Å²) < 4.78 is 0. The van der Waals surface area contributed by atoms with Crippen molar-refractivity contribution < 1.29 is 4.79 Å². The Labute approximate surface area is 95.1 Å².